The maximum Gasteiger partial charge on any atom is 0.253 e. The molecule has 3 aromatic carbocycles. The largest absolute Gasteiger partial charge is 0.416 e. The van der Waals surface area contributed by atoms with Gasteiger partial charge in [0.05, 0.1) is 0 Å². The molecule has 4 aromatic rings. The van der Waals surface area contributed by atoms with Crippen molar-refractivity contribution in [1.29, 1.82) is 0 Å². The van der Waals surface area contributed by atoms with Crippen LogP contribution in [0.3, 0.4) is 0 Å². The lowest BCUT2D eigenvalue weighted by molar-refractivity contribution is 0.0628. The summed E-state index contributed by atoms with van der Waals surface area (Å²) in [7, 11) is 0. The summed E-state index contributed by atoms with van der Waals surface area (Å²) in [6.07, 6.45) is 0. The first-order chi connectivity index (χ1) is 16.5. The molecule has 0 atom stereocenters. The third kappa shape index (κ3) is 5.03. The maximum absolute atomic E-state index is 13.0. The number of aromatic nitrogens is 2. The average molecular weight is 473 g/mol. The molecule has 1 aliphatic rings. The fraction of sp³-hybridized carbons (Fsp3) is 0.222. The highest BCUT2D eigenvalue weighted by Gasteiger charge is 2.22. The summed E-state index contributed by atoms with van der Waals surface area (Å²) >= 11 is 6.09. The Balaban J connectivity index is 1.19. The second kappa shape index (κ2) is 9.79. The van der Waals surface area contributed by atoms with Crippen LogP contribution in [0.2, 0.25) is 5.02 Å². The summed E-state index contributed by atoms with van der Waals surface area (Å²) < 4.78 is 5.85. The molecule has 5 rings (SSSR count). The second-order valence-corrected chi connectivity index (χ2v) is 8.99. The molecule has 0 radical (unpaired) electrons. The number of halogens is 1. The van der Waals surface area contributed by atoms with E-state index in [0.717, 1.165) is 35.8 Å². The molecule has 1 fully saturated rings. The molecule has 0 spiro atoms. The quantitative estimate of drug-likeness (QED) is 0.393. The van der Waals surface area contributed by atoms with E-state index in [4.69, 9.17) is 16.0 Å². The van der Waals surface area contributed by atoms with Crippen LogP contribution in [0.5, 0.6) is 0 Å². The minimum Gasteiger partial charge on any atom is -0.416 e. The average Bonchev–Trinajstić information content (AvgIpc) is 3.35. The van der Waals surface area contributed by atoms with Crippen molar-refractivity contribution in [2.75, 3.05) is 26.2 Å². The first-order valence-electron chi connectivity index (χ1n) is 11.3. The molecule has 1 amide bonds. The first-order valence-corrected chi connectivity index (χ1v) is 11.7. The molecule has 0 bridgehead atoms. The molecule has 0 aliphatic carbocycles. The summed E-state index contributed by atoms with van der Waals surface area (Å²) in [5, 5.41) is 9.08. The van der Waals surface area contributed by atoms with E-state index in [2.05, 4.69) is 21.2 Å². The first kappa shape index (κ1) is 22.3. The number of piperazine rings is 1. The van der Waals surface area contributed by atoms with Gasteiger partial charge in [-0.3, -0.25) is 9.69 Å². The smallest absolute Gasteiger partial charge is 0.253 e. The summed E-state index contributed by atoms with van der Waals surface area (Å²) in [4.78, 5) is 17.3. The van der Waals surface area contributed by atoms with Crippen molar-refractivity contribution in [3.63, 3.8) is 0 Å². The van der Waals surface area contributed by atoms with Crippen molar-refractivity contribution in [1.82, 2.24) is 20.0 Å². The van der Waals surface area contributed by atoms with Crippen molar-refractivity contribution in [3.05, 3.63) is 94.5 Å². The highest BCUT2D eigenvalue weighted by molar-refractivity contribution is 6.30. The van der Waals surface area contributed by atoms with Crippen LogP contribution in [0.25, 0.3) is 22.9 Å². The molecule has 2 heterocycles. The SMILES string of the molecule is Cc1ccc(-c2nnc(-c3ccc(C(=O)N4CCN(Cc5cccc(Cl)c5)CC4)cc3)o2)cc1. The van der Waals surface area contributed by atoms with Gasteiger partial charge < -0.3 is 9.32 Å². The van der Waals surface area contributed by atoms with E-state index < -0.39 is 0 Å². The van der Waals surface area contributed by atoms with Crippen LogP contribution in [-0.4, -0.2) is 52.1 Å². The van der Waals surface area contributed by atoms with E-state index in [9.17, 15) is 4.79 Å². The molecule has 0 saturated carbocycles. The topological polar surface area (TPSA) is 62.5 Å². The monoisotopic (exact) mass is 472 g/mol. The maximum atomic E-state index is 13.0. The molecule has 1 aliphatic heterocycles. The van der Waals surface area contributed by atoms with Crippen LogP contribution in [-0.2, 0) is 6.54 Å². The molecule has 6 nitrogen and oxygen atoms in total. The van der Waals surface area contributed by atoms with Crippen molar-refractivity contribution in [2.45, 2.75) is 13.5 Å². The van der Waals surface area contributed by atoms with E-state index in [1.54, 1.807) is 0 Å². The summed E-state index contributed by atoms with van der Waals surface area (Å²) in [6.45, 7) is 5.94. The number of benzene rings is 3. The third-order valence-corrected chi connectivity index (χ3v) is 6.29. The van der Waals surface area contributed by atoms with Crippen LogP contribution in [0.1, 0.15) is 21.5 Å². The Labute approximate surface area is 203 Å². The van der Waals surface area contributed by atoms with Gasteiger partial charge in [0.15, 0.2) is 0 Å². The Morgan fingerprint density at radius 1 is 0.882 bits per heavy atom. The Bertz CT molecular complexity index is 1280. The van der Waals surface area contributed by atoms with Crippen LogP contribution in [0.4, 0.5) is 0 Å². The van der Waals surface area contributed by atoms with Gasteiger partial charge in [-0.2, -0.15) is 0 Å². The van der Waals surface area contributed by atoms with Gasteiger partial charge in [-0.1, -0.05) is 41.4 Å². The molecule has 7 heteroatoms. The fourth-order valence-corrected chi connectivity index (χ4v) is 4.31. The fourth-order valence-electron chi connectivity index (χ4n) is 4.09. The highest BCUT2D eigenvalue weighted by Crippen LogP contribution is 2.25. The van der Waals surface area contributed by atoms with Gasteiger partial charge in [-0.05, 0) is 61.0 Å². The zero-order valence-corrected chi connectivity index (χ0v) is 19.7. The second-order valence-electron chi connectivity index (χ2n) is 8.55. The zero-order valence-electron chi connectivity index (χ0n) is 18.9. The zero-order chi connectivity index (χ0) is 23.5. The van der Waals surface area contributed by atoms with Gasteiger partial charge in [-0.15, -0.1) is 10.2 Å². The number of amides is 1. The van der Waals surface area contributed by atoms with Gasteiger partial charge in [-0.25, -0.2) is 0 Å². The van der Waals surface area contributed by atoms with Crippen molar-refractivity contribution < 1.29 is 9.21 Å². The van der Waals surface area contributed by atoms with Crippen molar-refractivity contribution in [2.24, 2.45) is 0 Å². The van der Waals surface area contributed by atoms with E-state index >= 15 is 0 Å². The van der Waals surface area contributed by atoms with Crippen LogP contribution in [0, 0.1) is 6.92 Å². The molecule has 34 heavy (non-hydrogen) atoms. The van der Waals surface area contributed by atoms with Crippen LogP contribution >= 0.6 is 11.6 Å². The van der Waals surface area contributed by atoms with Crippen LogP contribution in [0.15, 0.2) is 77.2 Å². The summed E-state index contributed by atoms with van der Waals surface area (Å²) in [5.41, 5.74) is 4.69. The lowest BCUT2D eigenvalue weighted by atomic mass is 10.1. The van der Waals surface area contributed by atoms with Crippen molar-refractivity contribution in [3.8, 4) is 22.9 Å². The Morgan fingerprint density at radius 2 is 1.50 bits per heavy atom. The molecule has 0 unspecified atom stereocenters. The number of rotatable bonds is 5. The standard InChI is InChI=1S/C27H25ClN4O2/c1-19-5-7-21(8-6-19)25-29-30-26(34-25)22-9-11-23(12-10-22)27(33)32-15-13-31(14-16-32)18-20-3-2-4-24(28)17-20/h2-12,17H,13-16,18H2,1H3. The predicted molar refractivity (Wildman–Crippen MR) is 133 cm³/mol. The van der Waals surface area contributed by atoms with E-state index in [1.807, 2.05) is 78.6 Å². The lowest BCUT2D eigenvalue weighted by Gasteiger charge is -2.34. The van der Waals surface area contributed by atoms with Crippen molar-refractivity contribution >= 4 is 17.5 Å². The summed E-state index contributed by atoms with van der Waals surface area (Å²) in [5.74, 6) is 0.954. The van der Waals surface area contributed by atoms with Crippen LogP contribution < -0.4 is 0 Å². The molecular formula is C27H25ClN4O2. The molecule has 1 saturated heterocycles. The number of carbonyl (C=O) groups is 1. The molecule has 1 aromatic heterocycles. The van der Waals surface area contributed by atoms with Gasteiger partial charge in [0.1, 0.15) is 0 Å². The predicted octanol–water partition coefficient (Wildman–Crippen LogP) is 5.32. The van der Waals surface area contributed by atoms with Gasteiger partial charge in [0, 0.05) is 54.4 Å². The number of hydrogen-bond acceptors (Lipinski definition) is 5. The lowest BCUT2D eigenvalue weighted by Crippen LogP contribution is -2.48. The Hall–Kier alpha value is -3.48. The normalized spacial score (nSPS) is 14.4. The minimum absolute atomic E-state index is 0.0415. The Morgan fingerprint density at radius 3 is 2.12 bits per heavy atom. The van der Waals surface area contributed by atoms with Gasteiger partial charge in [0.25, 0.3) is 5.91 Å². The number of aryl methyl sites for hydroxylation is 1. The van der Waals surface area contributed by atoms with E-state index in [1.165, 1.54) is 11.1 Å². The van der Waals surface area contributed by atoms with Gasteiger partial charge >= 0.3 is 0 Å². The Kier molecular flexibility index (Phi) is 6.43. The highest BCUT2D eigenvalue weighted by atomic mass is 35.5. The third-order valence-electron chi connectivity index (χ3n) is 6.06. The number of carbonyl (C=O) groups excluding carboxylic acids is 1. The molecule has 0 N–H and O–H groups in total. The van der Waals surface area contributed by atoms with Gasteiger partial charge in [0.2, 0.25) is 11.8 Å². The van der Waals surface area contributed by atoms with E-state index in [0.29, 0.717) is 30.4 Å². The van der Waals surface area contributed by atoms with E-state index in [-0.39, 0.29) is 5.91 Å². The molecular weight excluding hydrogens is 448 g/mol. The minimum atomic E-state index is 0.0415. The summed E-state index contributed by atoms with van der Waals surface area (Å²) in [6, 6.07) is 23.2. The number of nitrogens with zero attached hydrogens (tertiary/aromatic N) is 4. The number of hydrogen-bond donors (Lipinski definition) is 0. The molecule has 172 valence electrons.